The molecule has 0 spiro atoms. The van der Waals surface area contributed by atoms with Crippen molar-refractivity contribution < 1.29 is 19.1 Å². The number of rotatable bonds is 10. The largest absolute Gasteiger partial charge is 0.445 e. The molecule has 1 amide bonds. The standard InChI is InChI=1S/C33H36N2O4S/c1-2-20-39-32(37)35-24-29(23-30(35)31(36)25-34-18-21-38-22-19-34)40-33(26-12-6-3-7-13-26,27-14-8-4-9-15-27)28-16-10-5-11-17-28/h2-17,29-30H,1,18-25H2/t29-,30-/m0/s1. The van der Waals surface area contributed by atoms with Crippen molar-refractivity contribution in [2.24, 2.45) is 0 Å². The van der Waals surface area contributed by atoms with Gasteiger partial charge in [-0.3, -0.25) is 14.6 Å². The fraction of sp³-hybridized carbons (Fsp3) is 0.333. The average Bonchev–Trinajstić information content (AvgIpc) is 3.44. The van der Waals surface area contributed by atoms with Crippen molar-refractivity contribution in [3.63, 3.8) is 0 Å². The van der Waals surface area contributed by atoms with E-state index < -0.39 is 16.9 Å². The summed E-state index contributed by atoms with van der Waals surface area (Å²) in [6.45, 7) is 7.19. The van der Waals surface area contributed by atoms with E-state index in [1.54, 1.807) is 11.0 Å². The fourth-order valence-corrected chi connectivity index (χ4v) is 7.49. The number of ether oxygens (including phenoxy) is 2. The van der Waals surface area contributed by atoms with Gasteiger partial charge in [-0.25, -0.2) is 4.79 Å². The number of nitrogens with zero attached hydrogens (tertiary/aromatic N) is 2. The quantitative estimate of drug-likeness (QED) is 0.247. The smallest absolute Gasteiger partial charge is 0.410 e. The van der Waals surface area contributed by atoms with Crippen LogP contribution in [0.25, 0.3) is 0 Å². The second-order valence-electron chi connectivity index (χ2n) is 10.1. The molecule has 0 saturated carbocycles. The van der Waals surface area contributed by atoms with Crippen molar-refractivity contribution in [1.29, 1.82) is 0 Å². The molecule has 40 heavy (non-hydrogen) atoms. The van der Waals surface area contributed by atoms with Crippen LogP contribution in [0.4, 0.5) is 4.79 Å². The number of hydrogen-bond acceptors (Lipinski definition) is 6. The summed E-state index contributed by atoms with van der Waals surface area (Å²) in [6.07, 6.45) is 1.65. The van der Waals surface area contributed by atoms with Crippen LogP contribution in [0.1, 0.15) is 23.1 Å². The zero-order valence-electron chi connectivity index (χ0n) is 22.7. The highest BCUT2D eigenvalue weighted by molar-refractivity contribution is 8.01. The van der Waals surface area contributed by atoms with E-state index in [1.165, 1.54) is 0 Å². The Morgan fingerprint density at radius 2 is 1.43 bits per heavy atom. The lowest BCUT2D eigenvalue weighted by molar-refractivity contribution is -0.125. The van der Waals surface area contributed by atoms with Crippen LogP contribution >= 0.6 is 11.8 Å². The Bertz CT molecular complexity index is 1170. The van der Waals surface area contributed by atoms with Gasteiger partial charge in [-0.1, -0.05) is 104 Å². The first-order valence-electron chi connectivity index (χ1n) is 13.8. The maximum Gasteiger partial charge on any atom is 0.410 e. The summed E-state index contributed by atoms with van der Waals surface area (Å²) in [4.78, 5) is 30.6. The lowest BCUT2D eigenvalue weighted by Crippen LogP contribution is -2.47. The predicted molar refractivity (Wildman–Crippen MR) is 160 cm³/mol. The molecule has 3 aromatic rings. The molecule has 0 radical (unpaired) electrons. The van der Waals surface area contributed by atoms with E-state index in [4.69, 9.17) is 9.47 Å². The van der Waals surface area contributed by atoms with E-state index >= 15 is 0 Å². The maximum atomic E-state index is 13.7. The van der Waals surface area contributed by atoms with Gasteiger partial charge in [-0.2, -0.15) is 0 Å². The van der Waals surface area contributed by atoms with Crippen molar-refractivity contribution in [2.45, 2.75) is 22.5 Å². The molecule has 2 fully saturated rings. The third-order valence-electron chi connectivity index (χ3n) is 7.56. The maximum absolute atomic E-state index is 13.7. The van der Waals surface area contributed by atoms with Crippen molar-refractivity contribution >= 4 is 23.6 Å². The number of carbonyl (C=O) groups is 2. The first-order chi connectivity index (χ1) is 19.6. The van der Waals surface area contributed by atoms with E-state index in [-0.39, 0.29) is 17.6 Å². The number of Topliss-reactive ketones (excluding diaryl/α,β-unsaturated/α-hetero) is 1. The molecule has 2 aliphatic rings. The number of morpholine rings is 1. The van der Waals surface area contributed by atoms with Gasteiger partial charge in [-0.15, -0.1) is 11.8 Å². The van der Waals surface area contributed by atoms with E-state index in [9.17, 15) is 9.59 Å². The van der Waals surface area contributed by atoms with Crippen LogP contribution in [-0.2, 0) is 19.0 Å². The van der Waals surface area contributed by atoms with E-state index in [1.807, 2.05) is 30.0 Å². The SMILES string of the molecule is C=CCOC(=O)N1C[C@@H](SC(c2ccccc2)(c2ccccc2)c2ccccc2)C[C@H]1C(=O)CN1CCOCC1. The summed E-state index contributed by atoms with van der Waals surface area (Å²) < 4.78 is 10.4. The molecule has 2 saturated heterocycles. The van der Waals surface area contributed by atoms with Gasteiger partial charge in [0.15, 0.2) is 5.78 Å². The number of amides is 1. The van der Waals surface area contributed by atoms with Crippen LogP contribution in [-0.4, -0.2) is 79.0 Å². The monoisotopic (exact) mass is 556 g/mol. The minimum absolute atomic E-state index is 0.00413. The third kappa shape index (κ3) is 6.17. The van der Waals surface area contributed by atoms with Gasteiger partial charge in [0.25, 0.3) is 0 Å². The first kappa shape index (κ1) is 28.1. The highest BCUT2D eigenvalue weighted by atomic mass is 32.2. The Morgan fingerprint density at radius 1 is 0.900 bits per heavy atom. The molecular weight excluding hydrogens is 520 g/mol. The highest BCUT2D eigenvalue weighted by Gasteiger charge is 2.46. The number of benzene rings is 3. The van der Waals surface area contributed by atoms with E-state index in [0.29, 0.717) is 32.7 Å². The normalized spacial score (nSPS) is 19.8. The summed E-state index contributed by atoms with van der Waals surface area (Å²) in [5, 5.41) is -0.00413. The zero-order valence-corrected chi connectivity index (χ0v) is 23.5. The van der Waals surface area contributed by atoms with Crippen LogP contribution in [0.5, 0.6) is 0 Å². The van der Waals surface area contributed by atoms with E-state index in [0.717, 1.165) is 29.8 Å². The van der Waals surface area contributed by atoms with Gasteiger partial charge in [0.1, 0.15) is 6.61 Å². The number of hydrogen-bond donors (Lipinski definition) is 0. The minimum Gasteiger partial charge on any atom is -0.445 e. The molecule has 5 rings (SSSR count). The van der Waals surface area contributed by atoms with Crippen molar-refractivity contribution in [2.75, 3.05) is 46.0 Å². The number of thioether (sulfide) groups is 1. The lowest BCUT2D eigenvalue weighted by Gasteiger charge is -2.37. The van der Waals surface area contributed by atoms with Gasteiger partial charge in [-0.05, 0) is 23.1 Å². The molecule has 2 atom stereocenters. The van der Waals surface area contributed by atoms with Crippen LogP contribution in [0.15, 0.2) is 104 Å². The zero-order chi connectivity index (χ0) is 27.8. The Morgan fingerprint density at radius 3 is 1.93 bits per heavy atom. The number of likely N-dealkylation sites (tertiary alicyclic amines) is 1. The van der Waals surface area contributed by atoms with Gasteiger partial charge in [0, 0.05) is 24.9 Å². The Hall–Kier alpha value is -3.39. The number of carbonyl (C=O) groups excluding carboxylic acids is 2. The molecule has 0 bridgehead atoms. The molecular formula is C33H36N2O4S. The Kier molecular flexibility index (Phi) is 9.37. The van der Waals surface area contributed by atoms with Gasteiger partial charge in [0.05, 0.1) is 30.5 Å². The van der Waals surface area contributed by atoms with Gasteiger partial charge >= 0.3 is 6.09 Å². The molecule has 0 unspecified atom stereocenters. The van der Waals surface area contributed by atoms with Crippen LogP contribution in [0, 0.1) is 0 Å². The summed E-state index contributed by atoms with van der Waals surface area (Å²) in [5.41, 5.74) is 3.46. The van der Waals surface area contributed by atoms with Crippen molar-refractivity contribution in [3.05, 3.63) is 120 Å². The molecule has 3 aromatic carbocycles. The Balaban J connectivity index is 1.50. The second kappa shape index (κ2) is 13.3. The molecule has 2 heterocycles. The second-order valence-corrected chi connectivity index (χ2v) is 11.7. The van der Waals surface area contributed by atoms with Crippen molar-refractivity contribution in [3.8, 4) is 0 Å². The molecule has 0 aromatic heterocycles. The molecule has 6 nitrogen and oxygen atoms in total. The molecule has 0 aliphatic carbocycles. The lowest BCUT2D eigenvalue weighted by atomic mass is 9.84. The summed E-state index contributed by atoms with van der Waals surface area (Å²) in [7, 11) is 0. The summed E-state index contributed by atoms with van der Waals surface area (Å²) in [5.74, 6) is 0.0466. The predicted octanol–water partition coefficient (Wildman–Crippen LogP) is 5.38. The van der Waals surface area contributed by atoms with Crippen molar-refractivity contribution in [1.82, 2.24) is 9.80 Å². The fourth-order valence-electron chi connectivity index (χ4n) is 5.66. The third-order valence-corrected chi connectivity index (χ3v) is 9.30. The molecule has 208 valence electrons. The van der Waals surface area contributed by atoms with Gasteiger partial charge < -0.3 is 9.47 Å². The highest BCUT2D eigenvalue weighted by Crippen LogP contribution is 2.52. The molecule has 7 heteroatoms. The van der Waals surface area contributed by atoms with Crippen LogP contribution in [0.2, 0.25) is 0 Å². The Labute approximate surface area is 241 Å². The van der Waals surface area contributed by atoms with E-state index in [2.05, 4.69) is 84.3 Å². The molecule has 0 N–H and O–H groups in total. The average molecular weight is 557 g/mol. The topological polar surface area (TPSA) is 59.1 Å². The summed E-state index contributed by atoms with van der Waals surface area (Å²) in [6, 6.07) is 31.0. The summed E-state index contributed by atoms with van der Waals surface area (Å²) >= 11 is 1.82. The van der Waals surface area contributed by atoms with Crippen LogP contribution < -0.4 is 0 Å². The number of ketones is 1. The minimum atomic E-state index is -0.544. The first-order valence-corrected chi connectivity index (χ1v) is 14.7. The van der Waals surface area contributed by atoms with Gasteiger partial charge in [0.2, 0.25) is 0 Å². The van der Waals surface area contributed by atoms with Crippen LogP contribution in [0.3, 0.4) is 0 Å². The molecule has 2 aliphatic heterocycles.